The molecule has 0 saturated carbocycles. The summed E-state index contributed by atoms with van der Waals surface area (Å²) in [7, 11) is 2.93. The molecule has 0 amide bonds. The smallest absolute Gasteiger partial charge is 0.337 e. The fourth-order valence-electron chi connectivity index (χ4n) is 2.88. The average molecular weight is 383 g/mol. The Morgan fingerprint density at radius 2 is 1.82 bits per heavy atom. The molecule has 3 aromatic rings. The van der Waals surface area contributed by atoms with Crippen LogP contribution in [-0.2, 0) is 14.3 Å². The van der Waals surface area contributed by atoms with Crippen LogP contribution >= 0.6 is 0 Å². The van der Waals surface area contributed by atoms with Crippen LogP contribution in [0.25, 0.3) is 22.1 Å². The normalized spacial score (nSPS) is 10.5. The maximum Gasteiger partial charge on any atom is 0.337 e. The third-order valence-electron chi connectivity index (χ3n) is 4.19. The lowest BCUT2D eigenvalue weighted by molar-refractivity contribution is -0.140. The first-order valence-electron chi connectivity index (χ1n) is 8.76. The third kappa shape index (κ3) is 3.93. The van der Waals surface area contributed by atoms with Gasteiger partial charge in [-0.05, 0) is 42.8 Å². The molecule has 0 unspecified atom stereocenters. The van der Waals surface area contributed by atoms with Gasteiger partial charge in [-0.2, -0.15) is 0 Å². The number of hydrogen-bond acceptors (Lipinski definition) is 7. The molecule has 28 heavy (non-hydrogen) atoms. The number of hydrogen-bond donors (Lipinski definition) is 1. The highest BCUT2D eigenvalue weighted by Gasteiger charge is 2.19. The second-order valence-electron chi connectivity index (χ2n) is 5.90. The summed E-state index contributed by atoms with van der Waals surface area (Å²) in [5.41, 5.74) is 2.55. The highest BCUT2D eigenvalue weighted by atomic mass is 16.5. The number of anilines is 1. The Morgan fingerprint density at radius 3 is 2.46 bits per heavy atom. The molecule has 0 fully saturated rings. The topological polar surface area (TPSA) is 87.0 Å². The van der Waals surface area contributed by atoms with E-state index >= 15 is 0 Å². The van der Waals surface area contributed by atoms with Gasteiger partial charge < -0.3 is 23.9 Å². The standard InChI is InChI=1S/C21H21NO6/c1-4-27-18(23)12-22-20-19(13-5-8-15(25-2)9-6-13)16-11-14(21(24)26-3)7-10-17(16)28-20/h5-11,22H,4,12H2,1-3H3. The molecule has 0 bridgehead atoms. The molecule has 0 aliphatic rings. The van der Waals surface area contributed by atoms with Gasteiger partial charge in [0.1, 0.15) is 17.9 Å². The second kappa shape index (κ2) is 8.47. The van der Waals surface area contributed by atoms with Gasteiger partial charge in [-0.1, -0.05) is 12.1 Å². The van der Waals surface area contributed by atoms with E-state index in [2.05, 4.69) is 5.32 Å². The summed E-state index contributed by atoms with van der Waals surface area (Å²) in [6.45, 7) is 2.01. The Kier molecular flexibility index (Phi) is 5.84. The van der Waals surface area contributed by atoms with E-state index in [-0.39, 0.29) is 12.5 Å². The van der Waals surface area contributed by atoms with Crippen LogP contribution in [0.5, 0.6) is 5.75 Å². The Bertz CT molecular complexity index is 990. The van der Waals surface area contributed by atoms with E-state index in [1.54, 1.807) is 32.2 Å². The van der Waals surface area contributed by atoms with Crippen molar-refractivity contribution in [3.8, 4) is 16.9 Å². The zero-order valence-corrected chi connectivity index (χ0v) is 15.9. The molecule has 7 nitrogen and oxygen atoms in total. The summed E-state index contributed by atoms with van der Waals surface area (Å²) in [5.74, 6) is 0.298. The number of fused-ring (bicyclic) bond motifs is 1. The Hall–Kier alpha value is -3.48. The number of carbonyl (C=O) groups is 2. The minimum absolute atomic E-state index is 0.0410. The fraction of sp³-hybridized carbons (Fsp3) is 0.238. The van der Waals surface area contributed by atoms with Gasteiger partial charge in [0, 0.05) is 5.39 Å². The molecule has 0 aliphatic heterocycles. The molecule has 1 heterocycles. The van der Waals surface area contributed by atoms with Crippen molar-refractivity contribution in [2.45, 2.75) is 6.92 Å². The van der Waals surface area contributed by atoms with E-state index in [9.17, 15) is 9.59 Å². The van der Waals surface area contributed by atoms with Gasteiger partial charge >= 0.3 is 11.9 Å². The van der Waals surface area contributed by atoms with Gasteiger partial charge in [-0.15, -0.1) is 0 Å². The maximum absolute atomic E-state index is 11.9. The molecule has 0 spiro atoms. The predicted octanol–water partition coefficient (Wildman–Crippen LogP) is 3.87. The lowest BCUT2D eigenvalue weighted by atomic mass is 10.0. The van der Waals surface area contributed by atoms with E-state index < -0.39 is 5.97 Å². The summed E-state index contributed by atoms with van der Waals surface area (Å²) in [6, 6.07) is 12.4. The zero-order chi connectivity index (χ0) is 20.1. The first kappa shape index (κ1) is 19.3. The van der Waals surface area contributed by atoms with Crippen molar-refractivity contribution >= 4 is 28.8 Å². The fourth-order valence-corrected chi connectivity index (χ4v) is 2.88. The minimum Gasteiger partial charge on any atom is -0.497 e. The molecule has 1 aromatic heterocycles. The highest BCUT2D eigenvalue weighted by molar-refractivity contribution is 6.04. The monoisotopic (exact) mass is 383 g/mol. The molecule has 0 saturated heterocycles. The van der Waals surface area contributed by atoms with Crippen molar-refractivity contribution in [3.05, 3.63) is 48.0 Å². The van der Waals surface area contributed by atoms with Crippen LogP contribution in [-0.4, -0.2) is 39.3 Å². The number of benzene rings is 2. The Morgan fingerprint density at radius 1 is 1.07 bits per heavy atom. The molecular formula is C21H21NO6. The largest absolute Gasteiger partial charge is 0.497 e. The molecule has 0 aliphatic carbocycles. The molecule has 3 rings (SSSR count). The van der Waals surface area contributed by atoms with E-state index in [1.807, 2.05) is 24.3 Å². The quantitative estimate of drug-likeness (QED) is 0.620. The predicted molar refractivity (Wildman–Crippen MR) is 105 cm³/mol. The van der Waals surface area contributed by atoms with Crippen molar-refractivity contribution in [1.82, 2.24) is 0 Å². The van der Waals surface area contributed by atoms with Crippen molar-refractivity contribution in [2.24, 2.45) is 0 Å². The van der Waals surface area contributed by atoms with Gasteiger partial charge in [-0.25, -0.2) is 4.79 Å². The van der Waals surface area contributed by atoms with E-state index in [0.717, 1.165) is 16.5 Å². The summed E-state index contributed by atoms with van der Waals surface area (Å²) < 4.78 is 20.9. The Labute approximate surface area is 162 Å². The number of esters is 2. The van der Waals surface area contributed by atoms with E-state index in [4.69, 9.17) is 18.6 Å². The van der Waals surface area contributed by atoms with Crippen LogP contribution in [0.1, 0.15) is 17.3 Å². The Balaban J connectivity index is 2.09. The molecule has 1 N–H and O–H groups in total. The van der Waals surface area contributed by atoms with Gasteiger partial charge in [0.2, 0.25) is 5.88 Å². The van der Waals surface area contributed by atoms with Crippen molar-refractivity contribution in [1.29, 1.82) is 0 Å². The van der Waals surface area contributed by atoms with Gasteiger partial charge in [0.15, 0.2) is 0 Å². The van der Waals surface area contributed by atoms with Crippen molar-refractivity contribution in [3.63, 3.8) is 0 Å². The molecule has 146 valence electrons. The van der Waals surface area contributed by atoms with Gasteiger partial charge in [0.05, 0.1) is 32.0 Å². The van der Waals surface area contributed by atoms with Crippen LogP contribution in [0.4, 0.5) is 5.88 Å². The summed E-state index contributed by atoms with van der Waals surface area (Å²) in [5, 5.41) is 3.71. The summed E-state index contributed by atoms with van der Waals surface area (Å²) in [6.07, 6.45) is 0. The number of nitrogens with one attached hydrogen (secondary N) is 1. The zero-order valence-electron chi connectivity index (χ0n) is 15.9. The van der Waals surface area contributed by atoms with Crippen LogP contribution in [0.15, 0.2) is 46.9 Å². The van der Waals surface area contributed by atoms with E-state index in [1.165, 1.54) is 7.11 Å². The van der Waals surface area contributed by atoms with E-state index in [0.29, 0.717) is 29.4 Å². The minimum atomic E-state index is -0.440. The van der Waals surface area contributed by atoms with Crippen molar-refractivity contribution < 1.29 is 28.2 Å². The third-order valence-corrected chi connectivity index (χ3v) is 4.19. The lowest BCUT2D eigenvalue weighted by Crippen LogP contribution is -2.16. The average Bonchev–Trinajstić information content (AvgIpc) is 3.09. The number of ether oxygens (including phenoxy) is 3. The van der Waals surface area contributed by atoms with Crippen LogP contribution in [0.2, 0.25) is 0 Å². The summed E-state index contributed by atoms with van der Waals surface area (Å²) >= 11 is 0. The first-order valence-corrected chi connectivity index (χ1v) is 8.76. The first-order chi connectivity index (χ1) is 13.6. The van der Waals surface area contributed by atoms with Crippen LogP contribution < -0.4 is 10.1 Å². The number of carbonyl (C=O) groups excluding carboxylic acids is 2. The maximum atomic E-state index is 11.9. The lowest BCUT2D eigenvalue weighted by Gasteiger charge is -2.07. The van der Waals surface area contributed by atoms with Crippen LogP contribution in [0, 0.1) is 0 Å². The second-order valence-corrected chi connectivity index (χ2v) is 5.90. The summed E-state index contributed by atoms with van der Waals surface area (Å²) in [4.78, 5) is 23.7. The molecular weight excluding hydrogens is 362 g/mol. The number of rotatable bonds is 7. The van der Waals surface area contributed by atoms with Crippen molar-refractivity contribution in [2.75, 3.05) is 32.7 Å². The van der Waals surface area contributed by atoms with Gasteiger partial charge in [-0.3, -0.25) is 4.79 Å². The molecule has 0 atom stereocenters. The molecule has 7 heteroatoms. The number of furan rings is 1. The molecule has 2 aromatic carbocycles. The van der Waals surface area contributed by atoms with Crippen LogP contribution in [0.3, 0.4) is 0 Å². The number of methoxy groups -OCH3 is 2. The SMILES string of the molecule is CCOC(=O)CNc1oc2ccc(C(=O)OC)cc2c1-c1ccc(OC)cc1. The molecule has 0 radical (unpaired) electrons. The van der Waals surface area contributed by atoms with Gasteiger partial charge in [0.25, 0.3) is 0 Å². The highest BCUT2D eigenvalue weighted by Crippen LogP contribution is 2.39.